The molecular weight excluding hydrogens is 442 g/mol. The summed E-state index contributed by atoms with van der Waals surface area (Å²) in [7, 11) is -3.31. The molecule has 1 N–H and O–H groups in total. The molecule has 1 aliphatic heterocycles. The molecule has 9 heteroatoms. The topological polar surface area (TPSA) is 66.5 Å². The molecule has 2 saturated carbocycles. The summed E-state index contributed by atoms with van der Waals surface area (Å²) in [4.78, 5) is 15.5. The van der Waals surface area contributed by atoms with Crippen molar-refractivity contribution in [3.63, 3.8) is 0 Å². The van der Waals surface area contributed by atoms with Gasteiger partial charge in [-0.05, 0) is 62.6 Å². The molecular formula is C22H28F2N2O3S2. The summed E-state index contributed by atoms with van der Waals surface area (Å²) in [5.74, 6) is -0.294. The number of hydrogen-bond acceptors (Lipinski definition) is 5. The second-order valence-electron chi connectivity index (χ2n) is 8.63. The van der Waals surface area contributed by atoms with Crippen LogP contribution in [0.3, 0.4) is 0 Å². The number of halogens is 2. The zero-order valence-electron chi connectivity index (χ0n) is 17.5. The third-order valence-corrected chi connectivity index (χ3v) is 9.57. The molecule has 170 valence electrons. The van der Waals surface area contributed by atoms with Crippen molar-refractivity contribution in [2.45, 2.75) is 67.4 Å². The minimum absolute atomic E-state index is 0.111. The van der Waals surface area contributed by atoms with Crippen LogP contribution >= 0.6 is 11.8 Å². The summed E-state index contributed by atoms with van der Waals surface area (Å²) in [6.45, 7) is 2.87. The molecule has 0 aromatic heterocycles. The first kappa shape index (κ1) is 22.6. The average molecular weight is 471 g/mol. The van der Waals surface area contributed by atoms with E-state index >= 15 is 0 Å². The van der Waals surface area contributed by atoms with E-state index < -0.39 is 28.1 Å². The molecule has 0 saturated heterocycles. The lowest BCUT2D eigenvalue weighted by Gasteiger charge is -2.21. The van der Waals surface area contributed by atoms with Crippen LogP contribution in [0.2, 0.25) is 0 Å². The van der Waals surface area contributed by atoms with E-state index in [9.17, 15) is 22.0 Å². The fourth-order valence-corrected chi connectivity index (χ4v) is 6.88. The zero-order valence-corrected chi connectivity index (χ0v) is 19.1. The van der Waals surface area contributed by atoms with E-state index in [1.165, 1.54) is 11.8 Å². The molecule has 3 aliphatic rings. The van der Waals surface area contributed by atoms with E-state index in [-0.39, 0.29) is 34.8 Å². The van der Waals surface area contributed by atoms with Gasteiger partial charge >= 0.3 is 0 Å². The standard InChI is InChI=1S/C22H28F2N2O3S2/c1-2-26-12-21(30-13-26)25-22(27)18(9-14-10-19(23)20(24)11-14)15-3-5-16(6-4-15)31(28,29)17-7-8-17/h3-6,12,14,17-20H,2,7-11,13H2,1H3,(H,25,27)/t14?,18-,19?,20?/m1/s1. The lowest BCUT2D eigenvalue weighted by atomic mass is 9.87. The van der Waals surface area contributed by atoms with Gasteiger partial charge in [0, 0.05) is 12.7 Å². The van der Waals surface area contributed by atoms with Gasteiger partial charge in [-0.1, -0.05) is 23.9 Å². The molecule has 31 heavy (non-hydrogen) atoms. The molecule has 2 unspecified atom stereocenters. The van der Waals surface area contributed by atoms with Gasteiger partial charge in [0.15, 0.2) is 9.84 Å². The number of sulfone groups is 1. The first-order valence-corrected chi connectivity index (χ1v) is 13.3. The predicted octanol–water partition coefficient (Wildman–Crippen LogP) is 4.12. The number of amides is 1. The molecule has 0 spiro atoms. The second-order valence-corrected chi connectivity index (χ2v) is 11.8. The number of hydrogen-bond donors (Lipinski definition) is 1. The molecule has 1 aromatic carbocycles. The summed E-state index contributed by atoms with van der Waals surface area (Å²) < 4.78 is 52.4. The van der Waals surface area contributed by atoms with Crippen molar-refractivity contribution in [3.8, 4) is 0 Å². The van der Waals surface area contributed by atoms with E-state index in [0.717, 1.165) is 17.5 Å². The molecule has 0 radical (unpaired) electrons. The maximum atomic E-state index is 13.7. The fraction of sp³-hybridized carbons (Fsp3) is 0.591. The van der Waals surface area contributed by atoms with Crippen molar-refractivity contribution in [2.24, 2.45) is 5.92 Å². The molecule has 1 heterocycles. The maximum Gasteiger partial charge on any atom is 0.232 e. The van der Waals surface area contributed by atoms with Crippen LogP contribution in [-0.2, 0) is 14.6 Å². The summed E-state index contributed by atoms with van der Waals surface area (Å²) in [6, 6.07) is 6.44. The Morgan fingerprint density at radius 3 is 2.39 bits per heavy atom. The normalized spacial score (nSPS) is 27.3. The number of nitrogens with zero attached hydrogens (tertiary/aromatic N) is 1. The van der Waals surface area contributed by atoms with E-state index in [4.69, 9.17) is 0 Å². The monoisotopic (exact) mass is 470 g/mol. The van der Waals surface area contributed by atoms with Crippen LogP contribution in [0, 0.1) is 5.92 Å². The van der Waals surface area contributed by atoms with Gasteiger partial charge < -0.3 is 10.2 Å². The van der Waals surface area contributed by atoms with Crippen molar-refractivity contribution >= 4 is 27.5 Å². The Kier molecular flexibility index (Phi) is 6.62. The van der Waals surface area contributed by atoms with Crippen LogP contribution in [0.15, 0.2) is 40.4 Å². The first-order chi connectivity index (χ1) is 14.8. The Bertz CT molecular complexity index is 938. The van der Waals surface area contributed by atoms with Crippen molar-refractivity contribution in [2.75, 3.05) is 12.4 Å². The summed E-state index contributed by atoms with van der Waals surface area (Å²) in [5.41, 5.74) is 0.668. The number of benzene rings is 1. The third kappa shape index (κ3) is 5.08. The number of nitrogens with one attached hydrogen (secondary N) is 1. The number of rotatable bonds is 8. The highest BCUT2D eigenvalue weighted by Gasteiger charge is 2.39. The Morgan fingerprint density at radius 1 is 1.19 bits per heavy atom. The quantitative estimate of drug-likeness (QED) is 0.619. The fourth-order valence-electron chi connectivity index (χ4n) is 4.26. The molecule has 1 aromatic rings. The van der Waals surface area contributed by atoms with Gasteiger partial charge in [0.1, 0.15) is 12.3 Å². The summed E-state index contributed by atoms with van der Waals surface area (Å²) in [6.07, 6.45) is 0.865. The predicted molar refractivity (Wildman–Crippen MR) is 118 cm³/mol. The van der Waals surface area contributed by atoms with E-state index in [1.54, 1.807) is 24.3 Å². The van der Waals surface area contributed by atoms with Crippen molar-refractivity contribution in [1.82, 2.24) is 10.2 Å². The average Bonchev–Trinajstić information content (AvgIpc) is 3.45. The number of carbonyl (C=O) groups is 1. The number of thioether (sulfide) groups is 1. The van der Waals surface area contributed by atoms with Crippen molar-refractivity contribution in [1.29, 1.82) is 0 Å². The van der Waals surface area contributed by atoms with Gasteiger partial charge in [0.25, 0.3) is 0 Å². The minimum atomic E-state index is -3.31. The smallest absolute Gasteiger partial charge is 0.232 e. The number of carbonyl (C=O) groups excluding carboxylic acids is 1. The zero-order chi connectivity index (χ0) is 22.2. The van der Waals surface area contributed by atoms with E-state index in [0.29, 0.717) is 24.8 Å². The van der Waals surface area contributed by atoms with Crippen LogP contribution in [0.4, 0.5) is 8.78 Å². The van der Waals surface area contributed by atoms with Gasteiger partial charge in [-0.25, -0.2) is 17.2 Å². The highest BCUT2D eigenvalue weighted by Crippen LogP contribution is 2.39. The first-order valence-electron chi connectivity index (χ1n) is 10.8. The third-order valence-electron chi connectivity index (χ3n) is 6.31. The van der Waals surface area contributed by atoms with Crippen molar-refractivity contribution in [3.05, 3.63) is 41.1 Å². The molecule has 3 atom stereocenters. The van der Waals surface area contributed by atoms with Crippen LogP contribution in [-0.4, -0.2) is 49.2 Å². The van der Waals surface area contributed by atoms with Gasteiger partial charge in [0.05, 0.1) is 27.0 Å². The van der Waals surface area contributed by atoms with E-state index in [2.05, 4.69) is 10.2 Å². The van der Waals surface area contributed by atoms with Crippen LogP contribution < -0.4 is 5.32 Å². The summed E-state index contributed by atoms with van der Waals surface area (Å²) in [5, 5.41) is 3.40. The van der Waals surface area contributed by atoms with E-state index in [1.807, 2.05) is 13.1 Å². The molecule has 2 aliphatic carbocycles. The molecule has 0 bridgehead atoms. The van der Waals surface area contributed by atoms with Crippen LogP contribution in [0.25, 0.3) is 0 Å². The molecule has 1 amide bonds. The maximum absolute atomic E-state index is 13.7. The van der Waals surface area contributed by atoms with Gasteiger partial charge in [-0.2, -0.15) is 0 Å². The molecule has 2 fully saturated rings. The molecule has 4 rings (SSSR count). The second kappa shape index (κ2) is 9.10. The van der Waals surface area contributed by atoms with Crippen LogP contribution in [0.1, 0.15) is 50.5 Å². The molecule has 5 nitrogen and oxygen atoms in total. The Morgan fingerprint density at radius 2 is 1.84 bits per heavy atom. The SMILES string of the molecule is CCN1C=C(NC(=O)[C@H](CC2CC(F)C(F)C2)c2ccc(S(=O)(=O)C3CC3)cc2)SC1. The Labute approximate surface area is 186 Å². The lowest BCUT2D eigenvalue weighted by molar-refractivity contribution is -0.122. The minimum Gasteiger partial charge on any atom is -0.366 e. The number of alkyl halides is 2. The van der Waals surface area contributed by atoms with Gasteiger partial charge in [-0.15, -0.1) is 0 Å². The van der Waals surface area contributed by atoms with Crippen LogP contribution in [0.5, 0.6) is 0 Å². The Balaban J connectivity index is 1.53. The summed E-state index contributed by atoms with van der Waals surface area (Å²) >= 11 is 1.53. The van der Waals surface area contributed by atoms with Crippen molar-refractivity contribution < 1.29 is 22.0 Å². The largest absolute Gasteiger partial charge is 0.366 e. The Hall–Kier alpha value is -1.61. The highest BCUT2D eigenvalue weighted by molar-refractivity contribution is 8.03. The van der Waals surface area contributed by atoms with Gasteiger partial charge in [0.2, 0.25) is 5.91 Å². The highest BCUT2D eigenvalue weighted by atomic mass is 32.2. The lowest BCUT2D eigenvalue weighted by Crippen LogP contribution is -2.29. The van der Waals surface area contributed by atoms with Gasteiger partial charge in [-0.3, -0.25) is 4.79 Å².